The van der Waals surface area contributed by atoms with Crippen molar-refractivity contribution in [3.05, 3.63) is 59.7 Å². The normalized spacial score (nSPS) is 11.2. The summed E-state index contributed by atoms with van der Waals surface area (Å²) < 4.78 is 4.63. The molecule has 0 spiro atoms. The van der Waals surface area contributed by atoms with Crippen molar-refractivity contribution in [1.29, 1.82) is 0 Å². The van der Waals surface area contributed by atoms with E-state index in [4.69, 9.17) is 0 Å². The van der Waals surface area contributed by atoms with Gasteiger partial charge in [-0.2, -0.15) is 0 Å². The summed E-state index contributed by atoms with van der Waals surface area (Å²) in [6.07, 6.45) is 0.852. The molecule has 0 aromatic heterocycles. The van der Waals surface area contributed by atoms with Crippen LogP contribution in [0.4, 0.5) is 11.4 Å². The summed E-state index contributed by atoms with van der Waals surface area (Å²) in [4.78, 5) is 35.7. The monoisotopic (exact) mass is 383 g/mol. The number of nitrogens with one attached hydrogen (secondary N) is 3. The molecule has 0 bridgehead atoms. The number of amides is 2. The topological polar surface area (TPSA) is 96.5 Å². The van der Waals surface area contributed by atoms with Gasteiger partial charge in [-0.3, -0.25) is 9.59 Å². The number of anilines is 2. The Bertz CT molecular complexity index is 834. The number of carbonyl (C=O) groups excluding carboxylic acids is 3. The Labute approximate surface area is 164 Å². The maximum Gasteiger partial charge on any atom is 0.337 e. The molecule has 0 radical (unpaired) electrons. The Morgan fingerprint density at radius 2 is 1.71 bits per heavy atom. The van der Waals surface area contributed by atoms with Crippen LogP contribution in [0.1, 0.15) is 41.0 Å². The Kier molecular flexibility index (Phi) is 7.56. The lowest BCUT2D eigenvalue weighted by molar-refractivity contribution is -0.114. The lowest BCUT2D eigenvalue weighted by Gasteiger charge is -2.12. The van der Waals surface area contributed by atoms with Gasteiger partial charge in [0.2, 0.25) is 5.91 Å². The van der Waals surface area contributed by atoms with Crippen molar-refractivity contribution in [2.45, 2.75) is 26.3 Å². The van der Waals surface area contributed by atoms with Gasteiger partial charge in [-0.05, 0) is 55.8 Å². The van der Waals surface area contributed by atoms with Gasteiger partial charge in [-0.15, -0.1) is 0 Å². The number of rotatable bonds is 8. The van der Waals surface area contributed by atoms with E-state index < -0.39 is 5.97 Å². The molecule has 0 aliphatic carbocycles. The Balaban J connectivity index is 1.89. The molecular weight excluding hydrogens is 358 g/mol. The molecule has 2 amide bonds. The largest absolute Gasteiger partial charge is 0.465 e. The second-order valence-electron chi connectivity index (χ2n) is 6.33. The molecule has 0 fully saturated rings. The molecule has 148 valence electrons. The van der Waals surface area contributed by atoms with E-state index in [0.29, 0.717) is 22.5 Å². The minimum Gasteiger partial charge on any atom is -0.465 e. The predicted molar refractivity (Wildman–Crippen MR) is 109 cm³/mol. The van der Waals surface area contributed by atoms with Gasteiger partial charge in [-0.1, -0.05) is 13.0 Å². The molecule has 7 nitrogen and oxygen atoms in total. The molecule has 28 heavy (non-hydrogen) atoms. The average Bonchev–Trinajstić information content (AvgIpc) is 2.72. The first kappa shape index (κ1) is 21.0. The van der Waals surface area contributed by atoms with Crippen LogP contribution in [-0.2, 0) is 9.53 Å². The fraction of sp³-hybridized carbons (Fsp3) is 0.286. The van der Waals surface area contributed by atoms with Gasteiger partial charge in [0.15, 0.2) is 0 Å². The maximum absolute atomic E-state index is 12.2. The summed E-state index contributed by atoms with van der Waals surface area (Å²) in [7, 11) is 1.31. The minimum absolute atomic E-state index is 0.0369. The first-order valence-electron chi connectivity index (χ1n) is 9.06. The molecular formula is C21H25N3O4. The average molecular weight is 383 g/mol. The van der Waals surface area contributed by atoms with E-state index in [1.807, 2.05) is 13.8 Å². The number of ether oxygens (including phenoxy) is 1. The molecule has 0 aliphatic rings. The smallest absolute Gasteiger partial charge is 0.337 e. The van der Waals surface area contributed by atoms with E-state index in [1.54, 1.807) is 48.5 Å². The fourth-order valence-electron chi connectivity index (χ4n) is 2.37. The number of benzene rings is 2. The number of hydrogen-bond acceptors (Lipinski definition) is 5. The van der Waals surface area contributed by atoms with Gasteiger partial charge in [0, 0.05) is 23.0 Å². The molecule has 3 N–H and O–H groups in total. The van der Waals surface area contributed by atoms with Crippen molar-refractivity contribution in [1.82, 2.24) is 5.32 Å². The Morgan fingerprint density at radius 3 is 2.36 bits per heavy atom. The molecule has 1 atom stereocenters. The van der Waals surface area contributed by atoms with E-state index in [0.717, 1.165) is 6.42 Å². The van der Waals surface area contributed by atoms with Crippen molar-refractivity contribution in [2.24, 2.45) is 0 Å². The summed E-state index contributed by atoms with van der Waals surface area (Å²) in [5.41, 5.74) is 2.18. The van der Waals surface area contributed by atoms with Gasteiger partial charge in [0.1, 0.15) is 0 Å². The molecule has 2 aromatic carbocycles. The molecule has 7 heteroatoms. The summed E-state index contributed by atoms with van der Waals surface area (Å²) in [5, 5.41) is 8.64. The zero-order valence-corrected chi connectivity index (χ0v) is 16.2. The van der Waals surface area contributed by atoms with E-state index >= 15 is 0 Å². The van der Waals surface area contributed by atoms with Crippen LogP contribution in [0.2, 0.25) is 0 Å². The van der Waals surface area contributed by atoms with Gasteiger partial charge < -0.3 is 20.7 Å². The summed E-state index contributed by atoms with van der Waals surface area (Å²) in [5.74, 6) is -0.829. The van der Waals surface area contributed by atoms with Crippen molar-refractivity contribution in [3.8, 4) is 0 Å². The second kappa shape index (κ2) is 10.1. The second-order valence-corrected chi connectivity index (χ2v) is 6.33. The quantitative estimate of drug-likeness (QED) is 0.609. The molecule has 0 aliphatic heterocycles. The molecule has 2 rings (SSSR count). The van der Waals surface area contributed by atoms with Crippen LogP contribution in [0.5, 0.6) is 0 Å². The maximum atomic E-state index is 12.2. The summed E-state index contributed by atoms with van der Waals surface area (Å²) in [6, 6.07) is 13.5. The standard InChI is InChI=1S/C21H25N3O4/c1-4-14(2)23-20(26)16-6-5-7-18(12-16)22-13-19(25)24-17-10-8-15(9-11-17)21(27)28-3/h5-12,14,22H,4,13H2,1-3H3,(H,23,26)(H,24,25). The highest BCUT2D eigenvalue weighted by Crippen LogP contribution is 2.12. The van der Waals surface area contributed by atoms with Crippen molar-refractivity contribution in [3.63, 3.8) is 0 Å². The molecule has 0 heterocycles. The van der Waals surface area contributed by atoms with E-state index in [1.165, 1.54) is 7.11 Å². The van der Waals surface area contributed by atoms with Gasteiger partial charge >= 0.3 is 5.97 Å². The lowest BCUT2D eigenvalue weighted by atomic mass is 10.1. The first-order valence-corrected chi connectivity index (χ1v) is 9.06. The zero-order valence-electron chi connectivity index (χ0n) is 16.2. The van der Waals surface area contributed by atoms with Gasteiger partial charge in [0.25, 0.3) is 5.91 Å². The van der Waals surface area contributed by atoms with Crippen LogP contribution < -0.4 is 16.0 Å². The number of esters is 1. The Hall–Kier alpha value is -3.35. The SMILES string of the molecule is CCC(C)NC(=O)c1cccc(NCC(=O)Nc2ccc(C(=O)OC)cc2)c1. The molecule has 0 saturated carbocycles. The third kappa shape index (κ3) is 6.12. The van der Waals surface area contributed by atoms with Crippen molar-refractivity contribution < 1.29 is 19.1 Å². The summed E-state index contributed by atoms with van der Waals surface area (Å²) in [6.45, 7) is 3.99. The predicted octanol–water partition coefficient (Wildman–Crippen LogP) is 3.05. The number of carbonyl (C=O) groups is 3. The lowest BCUT2D eigenvalue weighted by Crippen LogP contribution is -2.31. The van der Waals surface area contributed by atoms with Crippen LogP contribution in [0, 0.1) is 0 Å². The van der Waals surface area contributed by atoms with Crippen LogP contribution in [0.25, 0.3) is 0 Å². The third-order valence-corrected chi connectivity index (χ3v) is 4.16. The zero-order chi connectivity index (χ0) is 20.5. The van der Waals surface area contributed by atoms with Crippen molar-refractivity contribution in [2.75, 3.05) is 24.3 Å². The highest BCUT2D eigenvalue weighted by molar-refractivity contribution is 5.96. The van der Waals surface area contributed by atoms with E-state index in [-0.39, 0.29) is 24.4 Å². The Morgan fingerprint density at radius 1 is 1.00 bits per heavy atom. The van der Waals surface area contributed by atoms with Gasteiger partial charge in [-0.25, -0.2) is 4.79 Å². The highest BCUT2D eigenvalue weighted by atomic mass is 16.5. The van der Waals surface area contributed by atoms with E-state index in [2.05, 4.69) is 20.7 Å². The summed E-state index contributed by atoms with van der Waals surface area (Å²) >= 11 is 0. The molecule has 2 aromatic rings. The third-order valence-electron chi connectivity index (χ3n) is 4.16. The van der Waals surface area contributed by atoms with Crippen LogP contribution >= 0.6 is 0 Å². The number of methoxy groups -OCH3 is 1. The molecule has 0 saturated heterocycles. The highest BCUT2D eigenvalue weighted by Gasteiger charge is 2.10. The van der Waals surface area contributed by atoms with E-state index in [9.17, 15) is 14.4 Å². The number of hydrogen-bond donors (Lipinski definition) is 3. The van der Waals surface area contributed by atoms with Gasteiger partial charge in [0.05, 0.1) is 19.2 Å². The first-order chi connectivity index (χ1) is 13.4. The van der Waals surface area contributed by atoms with Crippen LogP contribution in [-0.4, -0.2) is 37.5 Å². The van der Waals surface area contributed by atoms with Crippen molar-refractivity contribution >= 4 is 29.2 Å². The minimum atomic E-state index is -0.434. The van der Waals surface area contributed by atoms with Crippen LogP contribution in [0.15, 0.2) is 48.5 Å². The fourth-order valence-corrected chi connectivity index (χ4v) is 2.37. The van der Waals surface area contributed by atoms with Crippen LogP contribution in [0.3, 0.4) is 0 Å². The molecule has 1 unspecified atom stereocenters.